The average Bonchev–Trinajstić information content (AvgIpc) is 3.01. The van der Waals surface area contributed by atoms with Crippen molar-refractivity contribution in [1.29, 1.82) is 0 Å². The van der Waals surface area contributed by atoms with Crippen molar-refractivity contribution >= 4 is 12.2 Å². The Labute approximate surface area is 276 Å². The average molecular weight is 647 g/mol. The van der Waals surface area contributed by atoms with Crippen molar-refractivity contribution in [3.63, 3.8) is 0 Å². The standard InChI is InChI=1S/C31H38FN7O2.C4H9NO/c1-4-21-11-23(32)5-6-27(21)41-30-29(34-19-35-36-30)39-17-31(18-39)12-24(13-31)40-28-7-9-33-26-8-10-38(16-25(26)28)20(2)22-14-37(3)15-22;1-4(2)5-3-6/h5-7,9,11,19-20,22,24H,4,8,10,12-18H2,1-3H3;3-4H,1-2H3,(H,5,6). The fraction of sp³-hybridized carbons (Fsp3) is 0.571. The van der Waals surface area contributed by atoms with Crippen LogP contribution in [0, 0.1) is 17.2 Å². The fourth-order valence-corrected chi connectivity index (χ4v) is 7.29. The molecule has 1 N–H and O–H groups in total. The first kappa shape index (κ1) is 33.0. The van der Waals surface area contributed by atoms with Gasteiger partial charge in [-0.05, 0) is 82.8 Å². The highest BCUT2D eigenvalue weighted by Gasteiger charge is 2.54. The second-order valence-electron chi connectivity index (χ2n) is 13.9. The predicted molar refractivity (Wildman–Crippen MR) is 177 cm³/mol. The summed E-state index contributed by atoms with van der Waals surface area (Å²) in [6.45, 7) is 14.3. The van der Waals surface area contributed by atoms with E-state index in [0.29, 0.717) is 36.3 Å². The van der Waals surface area contributed by atoms with E-state index in [1.165, 1.54) is 42.8 Å². The second kappa shape index (κ2) is 14.1. The highest BCUT2D eigenvalue weighted by atomic mass is 19.1. The van der Waals surface area contributed by atoms with Gasteiger partial charge in [0.05, 0.1) is 0 Å². The molecular weight excluding hydrogens is 599 g/mol. The molecule has 2 saturated heterocycles. The molecule has 1 unspecified atom stereocenters. The van der Waals surface area contributed by atoms with Crippen molar-refractivity contribution in [3.05, 3.63) is 59.4 Å². The number of benzene rings is 1. The molecule has 0 bridgehead atoms. The zero-order valence-electron chi connectivity index (χ0n) is 28.2. The summed E-state index contributed by atoms with van der Waals surface area (Å²) in [5.41, 5.74) is 3.47. The van der Waals surface area contributed by atoms with E-state index in [1.807, 2.05) is 27.0 Å². The highest BCUT2D eigenvalue weighted by molar-refractivity contribution is 5.53. The van der Waals surface area contributed by atoms with E-state index in [-0.39, 0.29) is 23.4 Å². The summed E-state index contributed by atoms with van der Waals surface area (Å²) in [6, 6.07) is 7.44. The summed E-state index contributed by atoms with van der Waals surface area (Å²) in [5, 5.41) is 10.7. The lowest BCUT2D eigenvalue weighted by molar-refractivity contribution is -0.109. The third kappa shape index (κ3) is 7.33. The topological polar surface area (TPSA) is 109 Å². The molecule has 1 atom stereocenters. The number of fused-ring (bicyclic) bond motifs is 1. The van der Waals surface area contributed by atoms with Gasteiger partial charge in [-0.15, -0.1) is 10.2 Å². The zero-order chi connectivity index (χ0) is 33.1. The monoisotopic (exact) mass is 646 g/mol. The molecule has 1 saturated carbocycles. The molecule has 11 nitrogen and oxygen atoms in total. The summed E-state index contributed by atoms with van der Waals surface area (Å²) in [6.07, 6.45) is 7.93. The molecule has 7 rings (SSSR count). The molecule has 12 heteroatoms. The number of hydrogen-bond donors (Lipinski definition) is 1. The van der Waals surface area contributed by atoms with Crippen LogP contribution in [-0.2, 0) is 24.2 Å². The van der Waals surface area contributed by atoms with Crippen LogP contribution in [0.25, 0.3) is 0 Å². The van der Waals surface area contributed by atoms with Gasteiger partial charge in [-0.2, -0.15) is 0 Å². The molecule has 3 aromatic rings. The van der Waals surface area contributed by atoms with Crippen LogP contribution in [0.3, 0.4) is 0 Å². The Balaban J connectivity index is 0.000000591. The number of rotatable bonds is 10. The molecule has 3 fully saturated rings. The molecule has 3 aliphatic heterocycles. The van der Waals surface area contributed by atoms with Gasteiger partial charge in [-0.3, -0.25) is 14.7 Å². The molecule has 5 heterocycles. The van der Waals surface area contributed by atoms with Gasteiger partial charge in [0.1, 0.15) is 29.7 Å². The zero-order valence-corrected chi connectivity index (χ0v) is 28.2. The molecular formula is C35H47FN8O3. The Kier molecular flexibility index (Phi) is 9.88. The van der Waals surface area contributed by atoms with Crippen LogP contribution in [0.5, 0.6) is 17.4 Å². The van der Waals surface area contributed by atoms with Crippen molar-refractivity contribution in [3.8, 4) is 17.4 Å². The van der Waals surface area contributed by atoms with Crippen LogP contribution in [0.1, 0.15) is 57.4 Å². The van der Waals surface area contributed by atoms with E-state index in [4.69, 9.17) is 14.5 Å². The first-order valence-electron chi connectivity index (χ1n) is 16.8. The van der Waals surface area contributed by atoms with E-state index in [2.05, 4.69) is 55.2 Å². The van der Waals surface area contributed by atoms with Crippen LogP contribution in [0.2, 0.25) is 0 Å². The van der Waals surface area contributed by atoms with Crippen LogP contribution < -0.4 is 19.7 Å². The van der Waals surface area contributed by atoms with E-state index >= 15 is 0 Å². The quantitative estimate of drug-likeness (QED) is 0.321. The minimum atomic E-state index is -0.279. The van der Waals surface area contributed by atoms with E-state index in [1.54, 1.807) is 6.07 Å². The van der Waals surface area contributed by atoms with Crippen LogP contribution in [-0.4, -0.2) is 94.3 Å². The lowest BCUT2D eigenvalue weighted by Crippen LogP contribution is -2.65. The lowest BCUT2D eigenvalue weighted by Gasteiger charge is -2.58. The fourth-order valence-electron chi connectivity index (χ4n) is 7.29. The molecule has 0 radical (unpaired) electrons. The maximum atomic E-state index is 13.7. The Hall–Kier alpha value is -3.90. The first-order chi connectivity index (χ1) is 22.7. The van der Waals surface area contributed by atoms with E-state index in [9.17, 15) is 9.18 Å². The number of ether oxygens (including phenoxy) is 2. The molecule has 1 amide bonds. The second-order valence-corrected chi connectivity index (χ2v) is 13.9. The Morgan fingerprint density at radius 2 is 1.91 bits per heavy atom. The SMILES string of the molecule is CC(C)NC=O.CCc1cc(F)ccc1Oc1nncnc1N1CC2(CC(Oc3ccnc4c3CN(C(C)C3CN(C)C3)CC4)C2)C1. The van der Waals surface area contributed by atoms with Crippen LogP contribution in [0.15, 0.2) is 36.8 Å². The minimum Gasteiger partial charge on any atom is -0.490 e. The summed E-state index contributed by atoms with van der Waals surface area (Å²) in [5.74, 6) is 3.09. The number of nitrogens with zero attached hydrogens (tertiary/aromatic N) is 7. The summed E-state index contributed by atoms with van der Waals surface area (Å²) >= 11 is 0. The van der Waals surface area contributed by atoms with Gasteiger partial charge >= 0.3 is 0 Å². The number of amides is 1. The molecule has 2 aromatic heterocycles. The molecule has 1 aliphatic carbocycles. The van der Waals surface area contributed by atoms with Crippen LogP contribution in [0.4, 0.5) is 10.2 Å². The third-order valence-electron chi connectivity index (χ3n) is 10.00. The minimum absolute atomic E-state index is 0.210. The number of aryl methyl sites for hydroxylation is 1. The highest BCUT2D eigenvalue weighted by Crippen LogP contribution is 2.52. The number of aromatic nitrogens is 4. The predicted octanol–water partition coefficient (Wildman–Crippen LogP) is 4.26. The van der Waals surface area contributed by atoms with Crippen molar-refractivity contribution in [2.24, 2.45) is 11.3 Å². The maximum absolute atomic E-state index is 13.7. The number of hydrogen-bond acceptors (Lipinski definition) is 10. The van der Waals surface area contributed by atoms with Gasteiger partial charge < -0.3 is 24.6 Å². The van der Waals surface area contributed by atoms with Gasteiger partial charge in [0, 0.05) is 80.6 Å². The van der Waals surface area contributed by atoms with Crippen molar-refractivity contribution in [2.75, 3.05) is 44.7 Å². The van der Waals surface area contributed by atoms with Crippen LogP contribution >= 0.6 is 0 Å². The van der Waals surface area contributed by atoms with E-state index < -0.39 is 0 Å². The normalized spacial score (nSPS) is 19.9. The number of carbonyl (C=O) groups excluding carboxylic acids is 1. The number of pyridine rings is 1. The number of anilines is 1. The molecule has 1 aromatic carbocycles. The Morgan fingerprint density at radius 1 is 1.13 bits per heavy atom. The maximum Gasteiger partial charge on any atom is 0.282 e. The summed E-state index contributed by atoms with van der Waals surface area (Å²) in [4.78, 5) is 25.9. The van der Waals surface area contributed by atoms with E-state index in [0.717, 1.165) is 62.7 Å². The number of likely N-dealkylation sites (tertiary alicyclic amines) is 1. The number of nitrogens with one attached hydrogen (secondary N) is 1. The summed E-state index contributed by atoms with van der Waals surface area (Å²) in [7, 11) is 2.20. The van der Waals surface area contributed by atoms with Gasteiger partial charge in [0.25, 0.3) is 5.88 Å². The number of halogens is 1. The van der Waals surface area contributed by atoms with Crippen molar-refractivity contribution in [1.82, 2.24) is 35.3 Å². The molecule has 4 aliphatic rings. The molecule has 47 heavy (non-hydrogen) atoms. The molecule has 1 spiro atoms. The lowest BCUT2D eigenvalue weighted by atomic mass is 9.61. The Bertz CT molecular complexity index is 1540. The van der Waals surface area contributed by atoms with Gasteiger partial charge in [0.2, 0.25) is 6.41 Å². The van der Waals surface area contributed by atoms with Gasteiger partial charge in [-0.1, -0.05) is 6.92 Å². The Morgan fingerprint density at radius 3 is 2.60 bits per heavy atom. The largest absolute Gasteiger partial charge is 0.490 e. The molecule has 252 valence electrons. The van der Waals surface area contributed by atoms with Gasteiger partial charge in [0.15, 0.2) is 5.82 Å². The summed E-state index contributed by atoms with van der Waals surface area (Å²) < 4.78 is 26.4. The first-order valence-corrected chi connectivity index (χ1v) is 16.8. The smallest absolute Gasteiger partial charge is 0.282 e. The third-order valence-corrected chi connectivity index (χ3v) is 10.00. The van der Waals surface area contributed by atoms with Gasteiger partial charge in [-0.25, -0.2) is 9.37 Å². The number of carbonyl (C=O) groups is 1. The van der Waals surface area contributed by atoms with Crippen molar-refractivity contribution in [2.45, 2.75) is 78.1 Å². The van der Waals surface area contributed by atoms with Crippen molar-refractivity contribution < 1.29 is 18.7 Å².